The minimum atomic E-state index is -0.352. The summed E-state index contributed by atoms with van der Waals surface area (Å²) in [5.41, 5.74) is 8.09. The number of anilines is 1. The van der Waals surface area contributed by atoms with Crippen LogP contribution in [-0.2, 0) is 0 Å². The summed E-state index contributed by atoms with van der Waals surface area (Å²) in [6.45, 7) is 4.04. The van der Waals surface area contributed by atoms with E-state index in [-0.39, 0.29) is 5.60 Å². The van der Waals surface area contributed by atoms with E-state index >= 15 is 0 Å². The van der Waals surface area contributed by atoms with E-state index in [4.69, 9.17) is 15.2 Å². The molecule has 2 heterocycles. The van der Waals surface area contributed by atoms with Crippen molar-refractivity contribution in [3.05, 3.63) is 29.2 Å². The summed E-state index contributed by atoms with van der Waals surface area (Å²) < 4.78 is 11.5. The first-order chi connectivity index (χ1) is 9.50. The largest absolute Gasteiger partial charge is 0.496 e. The van der Waals surface area contributed by atoms with Crippen LogP contribution in [0.5, 0.6) is 11.5 Å². The molecule has 1 aliphatic rings. The lowest BCUT2D eigenvalue weighted by Crippen LogP contribution is -2.28. The van der Waals surface area contributed by atoms with Crippen molar-refractivity contribution >= 4 is 22.5 Å². The summed E-state index contributed by atoms with van der Waals surface area (Å²) >= 11 is 1.42. The Balaban J connectivity index is 2.21. The molecule has 2 N–H and O–H groups in total. The van der Waals surface area contributed by atoms with Gasteiger partial charge in [0.15, 0.2) is 5.13 Å². The van der Waals surface area contributed by atoms with Gasteiger partial charge in [-0.1, -0.05) is 0 Å². The van der Waals surface area contributed by atoms with Gasteiger partial charge in [-0.3, -0.25) is 0 Å². The van der Waals surface area contributed by atoms with Crippen LogP contribution >= 0.6 is 11.3 Å². The second-order valence-corrected chi connectivity index (χ2v) is 6.06. The number of aromatic nitrogens is 1. The highest BCUT2D eigenvalue weighted by atomic mass is 32.1. The van der Waals surface area contributed by atoms with Gasteiger partial charge in [-0.25, -0.2) is 4.98 Å². The maximum absolute atomic E-state index is 6.11. The van der Waals surface area contributed by atoms with Gasteiger partial charge in [0.2, 0.25) is 0 Å². The van der Waals surface area contributed by atoms with Crippen molar-refractivity contribution in [3.8, 4) is 22.8 Å². The quantitative estimate of drug-likeness (QED) is 0.917. The number of hydrogen-bond acceptors (Lipinski definition) is 5. The highest BCUT2D eigenvalue weighted by Crippen LogP contribution is 2.44. The summed E-state index contributed by atoms with van der Waals surface area (Å²) in [5.74, 6) is 1.58. The molecule has 0 unspecified atom stereocenters. The second-order valence-electron chi connectivity index (χ2n) is 5.17. The molecule has 0 fully saturated rings. The third-order valence-electron chi connectivity index (χ3n) is 3.19. The lowest BCUT2D eigenvalue weighted by atomic mass is 9.98. The molecule has 0 saturated heterocycles. The first-order valence-corrected chi connectivity index (χ1v) is 7.19. The molecule has 0 spiro atoms. The SMILES string of the molecule is COc1ccc(-c2csc(N)n2)c2c1C=CC(C)(C)O2. The highest BCUT2D eigenvalue weighted by Gasteiger charge is 2.27. The molecule has 104 valence electrons. The summed E-state index contributed by atoms with van der Waals surface area (Å²) in [4.78, 5) is 4.34. The molecule has 0 saturated carbocycles. The predicted molar refractivity (Wildman–Crippen MR) is 82.3 cm³/mol. The summed E-state index contributed by atoms with van der Waals surface area (Å²) in [5, 5.41) is 2.49. The molecule has 1 aromatic carbocycles. The topological polar surface area (TPSA) is 57.4 Å². The van der Waals surface area contributed by atoms with E-state index in [1.807, 2.05) is 43.5 Å². The molecule has 0 aliphatic carbocycles. The van der Waals surface area contributed by atoms with Crippen LogP contribution in [0.2, 0.25) is 0 Å². The van der Waals surface area contributed by atoms with Crippen LogP contribution in [0.4, 0.5) is 5.13 Å². The number of nitrogens with two attached hydrogens (primary N) is 1. The van der Waals surface area contributed by atoms with Crippen molar-refractivity contribution in [2.24, 2.45) is 0 Å². The van der Waals surface area contributed by atoms with Gasteiger partial charge in [-0.05, 0) is 38.1 Å². The monoisotopic (exact) mass is 288 g/mol. The van der Waals surface area contributed by atoms with Crippen LogP contribution in [0.1, 0.15) is 19.4 Å². The van der Waals surface area contributed by atoms with Gasteiger partial charge >= 0.3 is 0 Å². The average Bonchev–Trinajstić information content (AvgIpc) is 2.82. The fraction of sp³-hybridized carbons (Fsp3) is 0.267. The van der Waals surface area contributed by atoms with Crippen molar-refractivity contribution in [1.82, 2.24) is 4.98 Å². The zero-order valence-corrected chi connectivity index (χ0v) is 12.5. The maximum Gasteiger partial charge on any atom is 0.180 e. The van der Waals surface area contributed by atoms with Crippen LogP contribution in [0.3, 0.4) is 0 Å². The lowest BCUT2D eigenvalue weighted by molar-refractivity contribution is 0.159. The fourth-order valence-electron chi connectivity index (χ4n) is 2.22. The van der Waals surface area contributed by atoms with Crippen molar-refractivity contribution in [3.63, 3.8) is 0 Å². The lowest BCUT2D eigenvalue weighted by Gasteiger charge is -2.30. The predicted octanol–water partition coefficient (Wildman–Crippen LogP) is 3.59. The first kappa shape index (κ1) is 13.0. The Kier molecular flexibility index (Phi) is 2.94. The van der Waals surface area contributed by atoms with E-state index in [1.165, 1.54) is 11.3 Å². The highest BCUT2D eigenvalue weighted by molar-refractivity contribution is 7.13. The smallest absolute Gasteiger partial charge is 0.180 e. The van der Waals surface area contributed by atoms with Gasteiger partial charge in [0.1, 0.15) is 17.1 Å². The zero-order valence-electron chi connectivity index (χ0n) is 11.6. The van der Waals surface area contributed by atoms with Gasteiger partial charge < -0.3 is 15.2 Å². The minimum absolute atomic E-state index is 0.352. The van der Waals surface area contributed by atoms with Crippen LogP contribution in [0, 0.1) is 0 Å². The minimum Gasteiger partial charge on any atom is -0.496 e. The first-order valence-electron chi connectivity index (χ1n) is 6.31. The summed E-state index contributed by atoms with van der Waals surface area (Å²) in [6, 6.07) is 3.89. The Morgan fingerprint density at radius 1 is 1.35 bits per heavy atom. The van der Waals surface area contributed by atoms with Crippen LogP contribution in [0.15, 0.2) is 23.6 Å². The van der Waals surface area contributed by atoms with Crippen LogP contribution < -0.4 is 15.2 Å². The number of nitrogens with zero attached hydrogens (tertiary/aromatic N) is 1. The molecular weight excluding hydrogens is 272 g/mol. The molecule has 0 radical (unpaired) electrons. The van der Waals surface area contributed by atoms with Crippen LogP contribution in [-0.4, -0.2) is 17.7 Å². The van der Waals surface area contributed by atoms with E-state index in [9.17, 15) is 0 Å². The zero-order chi connectivity index (χ0) is 14.3. The Labute approximate surface area is 121 Å². The van der Waals surface area contributed by atoms with Crippen molar-refractivity contribution in [2.45, 2.75) is 19.4 Å². The summed E-state index contributed by atoms with van der Waals surface area (Å²) in [7, 11) is 1.66. The normalized spacial score (nSPS) is 15.6. The van der Waals surface area contributed by atoms with Gasteiger partial charge in [0, 0.05) is 10.9 Å². The number of nitrogen functional groups attached to an aromatic ring is 1. The molecule has 2 aromatic rings. The van der Waals surface area contributed by atoms with E-state index in [0.29, 0.717) is 5.13 Å². The number of hydrogen-bond donors (Lipinski definition) is 1. The fourth-order valence-corrected chi connectivity index (χ4v) is 2.78. The molecule has 0 amide bonds. The number of thiazole rings is 1. The third-order valence-corrected chi connectivity index (χ3v) is 3.86. The standard InChI is InChI=1S/C15H16N2O2S/c1-15(2)7-6-10-12(18-3)5-4-9(13(10)19-15)11-8-20-14(16)17-11/h4-8H,1-3H3,(H2,16,17). The van der Waals surface area contributed by atoms with Crippen LogP contribution in [0.25, 0.3) is 17.3 Å². The molecule has 1 aromatic heterocycles. The second kappa shape index (κ2) is 4.52. The molecule has 3 rings (SSSR count). The number of methoxy groups -OCH3 is 1. The van der Waals surface area contributed by atoms with Gasteiger partial charge in [0.25, 0.3) is 0 Å². The van der Waals surface area contributed by atoms with E-state index in [2.05, 4.69) is 4.98 Å². The van der Waals surface area contributed by atoms with E-state index in [0.717, 1.165) is 28.3 Å². The molecule has 5 heteroatoms. The molecule has 4 nitrogen and oxygen atoms in total. The molecular formula is C15H16N2O2S. The maximum atomic E-state index is 6.11. The Bertz CT molecular complexity index is 689. The van der Waals surface area contributed by atoms with E-state index in [1.54, 1.807) is 7.11 Å². The molecule has 20 heavy (non-hydrogen) atoms. The number of rotatable bonds is 2. The Morgan fingerprint density at radius 3 is 2.80 bits per heavy atom. The number of benzene rings is 1. The van der Waals surface area contributed by atoms with Crippen molar-refractivity contribution in [1.29, 1.82) is 0 Å². The number of fused-ring (bicyclic) bond motifs is 1. The molecule has 1 aliphatic heterocycles. The average molecular weight is 288 g/mol. The third kappa shape index (κ3) is 2.14. The van der Waals surface area contributed by atoms with Gasteiger partial charge in [0.05, 0.1) is 18.4 Å². The molecule has 0 bridgehead atoms. The Morgan fingerprint density at radius 2 is 2.15 bits per heavy atom. The number of ether oxygens (including phenoxy) is 2. The summed E-state index contributed by atoms with van der Waals surface area (Å²) in [6.07, 6.45) is 4.06. The molecule has 0 atom stereocenters. The van der Waals surface area contributed by atoms with Crippen molar-refractivity contribution in [2.75, 3.05) is 12.8 Å². The van der Waals surface area contributed by atoms with Crippen molar-refractivity contribution < 1.29 is 9.47 Å². The Hall–Kier alpha value is -2.01. The van der Waals surface area contributed by atoms with Gasteiger partial charge in [-0.15, -0.1) is 11.3 Å². The van der Waals surface area contributed by atoms with Gasteiger partial charge in [-0.2, -0.15) is 0 Å². The van der Waals surface area contributed by atoms with E-state index < -0.39 is 0 Å².